The molecule has 0 radical (unpaired) electrons. The van der Waals surface area contributed by atoms with Crippen molar-refractivity contribution in [3.63, 3.8) is 0 Å². The van der Waals surface area contributed by atoms with Gasteiger partial charge in [-0.25, -0.2) is 0 Å². The summed E-state index contributed by atoms with van der Waals surface area (Å²) < 4.78 is 0. The molecule has 0 aliphatic rings. The first-order chi connectivity index (χ1) is 7.30. The van der Waals surface area contributed by atoms with E-state index in [0.29, 0.717) is 5.56 Å². The van der Waals surface area contributed by atoms with Gasteiger partial charge in [-0.15, -0.1) is 0 Å². The first-order valence-electron chi connectivity index (χ1n) is 5.23. The highest BCUT2D eigenvalue weighted by atomic mass is 16.2. The van der Waals surface area contributed by atoms with Gasteiger partial charge in [0.15, 0.2) is 0 Å². The number of rotatable bonds is 1. The van der Waals surface area contributed by atoms with Crippen LogP contribution >= 0.6 is 0 Å². The Hall–Kier alpha value is -1.64. The second-order valence-electron chi connectivity index (χ2n) is 4.84. The van der Waals surface area contributed by atoms with E-state index in [-0.39, 0.29) is 17.2 Å². The molecule has 0 aliphatic heterocycles. The lowest BCUT2D eigenvalue weighted by Gasteiger charge is -2.18. The van der Waals surface area contributed by atoms with Crippen LogP contribution in [0.3, 0.4) is 0 Å². The maximum Gasteiger partial charge on any atom is 0.257 e. The molecule has 1 aromatic rings. The lowest BCUT2D eigenvalue weighted by atomic mass is 9.87. The summed E-state index contributed by atoms with van der Waals surface area (Å²) in [4.78, 5) is 22.2. The van der Waals surface area contributed by atoms with Gasteiger partial charge in [-0.3, -0.25) is 14.9 Å². The number of benzene rings is 1. The average molecular weight is 219 g/mol. The first-order valence-corrected chi connectivity index (χ1v) is 5.23. The Morgan fingerprint density at radius 1 is 1.06 bits per heavy atom. The molecule has 1 N–H and O–H groups in total. The van der Waals surface area contributed by atoms with Crippen LogP contribution in [0.2, 0.25) is 0 Å². The molecule has 0 fully saturated rings. The van der Waals surface area contributed by atoms with Crippen LogP contribution in [0.4, 0.5) is 0 Å². The van der Waals surface area contributed by atoms with E-state index in [1.54, 1.807) is 12.1 Å². The van der Waals surface area contributed by atoms with E-state index in [9.17, 15) is 9.59 Å². The Bertz CT molecular complexity index is 399. The Balaban J connectivity index is 2.87. The standard InChI is InChI=1S/C13H17NO2/c1-9(15)14-12(16)10-5-7-11(8-6-10)13(2,3)4/h5-8H,1-4H3,(H,14,15,16). The maximum atomic E-state index is 11.5. The Morgan fingerprint density at radius 2 is 1.56 bits per heavy atom. The minimum Gasteiger partial charge on any atom is -0.293 e. The molecule has 3 heteroatoms. The minimum absolute atomic E-state index is 0.0651. The highest BCUT2D eigenvalue weighted by Gasteiger charge is 2.14. The Labute approximate surface area is 95.9 Å². The third kappa shape index (κ3) is 3.19. The summed E-state index contributed by atoms with van der Waals surface area (Å²) in [5.74, 6) is -0.696. The summed E-state index contributed by atoms with van der Waals surface area (Å²) in [6.07, 6.45) is 0. The van der Waals surface area contributed by atoms with Crippen LogP contribution in [0, 0.1) is 0 Å². The molecule has 0 aromatic heterocycles. The molecule has 2 amide bonds. The molecule has 0 bridgehead atoms. The summed E-state index contributed by atoms with van der Waals surface area (Å²) in [7, 11) is 0. The molecule has 0 saturated heterocycles. The monoisotopic (exact) mass is 219 g/mol. The van der Waals surface area contributed by atoms with Gasteiger partial charge in [-0.2, -0.15) is 0 Å². The zero-order valence-corrected chi connectivity index (χ0v) is 10.1. The normalized spacial score (nSPS) is 11.0. The van der Waals surface area contributed by atoms with Crippen molar-refractivity contribution in [2.45, 2.75) is 33.1 Å². The predicted molar refractivity (Wildman–Crippen MR) is 63.3 cm³/mol. The molecule has 0 spiro atoms. The van der Waals surface area contributed by atoms with Gasteiger partial charge in [0.25, 0.3) is 5.91 Å². The Kier molecular flexibility index (Phi) is 3.48. The van der Waals surface area contributed by atoms with Gasteiger partial charge >= 0.3 is 0 Å². The second-order valence-corrected chi connectivity index (χ2v) is 4.84. The van der Waals surface area contributed by atoms with Crippen molar-refractivity contribution in [3.05, 3.63) is 35.4 Å². The minimum atomic E-state index is -0.354. The number of amides is 2. The highest BCUT2D eigenvalue weighted by molar-refractivity contribution is 6.04. The van der Waals surface area contributed by atoms with Crippen LogP contribution in [-0.4, -0.2) is 11.8 Å². The molecular weight excluding hydrogens is 202 g/mol. The summed E-state index contributed by atoms with van der Waals surface area (Å²) >= 11 is 0. The van der Waals surface area contributed by atoms with E-state index >= 15 is 0 Å². The lowest BCUT2D eigenvalue weighted by molar-refractivity contribution is -0.118. The van der Waals surface area contributed by atoms with Gasteiger partial charge in [-0.05, 0) is 23.1 Å². The molecule has 0 heterocycles. The highest BCUT2D eigenvalue weighted by Crippen LogP contribution is 2.22. The van der Waals surface area contributed by atoms with Gasteiger partial charge in [0.2, 0.25) is 5.91 Å². The van der Waals surface area contributed by atoms with Crippen molar-refractivity contribution in [2.75, 3.05) is 0 Å². The maximum absolute atomic E-state index is 11.5. The lowest BCUT2D eigenvalue weighted by Crippen LogP contribution is -2.27. The summed E-state index contributed by atoms with van der Waals surface area (Å²) in [5.41, 5.74) is 1.73. The van der Waals surface area contributed by atoms with Crippen LogP contribution in [-0.2, 0) is 10.2 Å². The largest absolute Gasteiger partial charge is 0.293 e. The van der Waals surface area contributed by atoms with Gasteiger partial charge in [0.1, 0.15) is 0 Å². The van der Waals surface area contributed by atoms with Gasteiger partial charge in [-0.1, -0.05) is 32.9 Å². The topological polar surface area (TPSA) is 46.2 Å². The van der Waals surface area contributed by atoms with Crippen LogP contribution in [0.1, 0.15) is 43.6 Å². The fourth-order valence-corrected chi connectivity index (χ4v) is 1.35. The molecule has 0 atom stereocenters. The van der Waals surface area contributed by atoms with E-state index in [2.05, 4.69) is 26.1 Å². The number of hydrogen-bond donors (Lipinski definition) is 1. The summed E-state index contributed by atoms with van der Waals surface area (Å²) in [6, 6.07) is 7.29. The summed E-state index contributed by atoms with van der Waals surface area (Å²) in [6.45, 7) is 7.65. The zero-order chi connectivity index (χ0) is 12.3. The molecule has 0 unspecified atom stereocenters. The molecular formula is C13H17NO2. The van der Waals surface area contributed by atoms with Gasteiger partial charge in [0.05, 0.1) is 0 Å². The van der Waals surface area contributed by atoms with E-state index in [0.717, 1.165) is 5.56 Å². The van der Waals surface area contributed by atoms with Gasteiger partial charge in [0, 0.05) is 12.5 Å². The molecule has 86 valence electrons. The van der Waals surface area contributed by atoms with Crippen LogP contribution in [0.25, 0.3) is 0 Å². The molecule has 1 aromatic carbocycles. The third-order valence-corrected chi connectivity index (χ3v) is 2.30. The van der Waals surface area contributed by atoms with Crippen molar-refractivity contribution < 1.29 is 9.59 Å². The van der Waals surface area contributed by atoms with Crippen LogP contribution in [0.5, 0.6) is 0 Å². The van der Waals surface area contributed by atoms with Crippen molar-refractivity contribution in [3.8, 4) is 0 Å². The smallest absolute Gasteiger partial charge is 0.257 e. The number of imide groups is 1. The molecule has 0 aliphatic carbocycles. The quantitative estimate of drug-likeness (QED) is 0.787. The van der Waals surface area contributed by atoms with Crippen molar-refractivity contribution in [2.24, 2.45) is 0 Å². The van der Waals surface area contributed by atoms with Crippen molar-refractivity contribution in [1.82, 2.24) is 5.32 Å². The zero-order valence-electron chi connectivity index (χ0n) is 10.1. The first kappa shape index (κ1) is 12.4. The average Bonchev–Trinajstić information content (AvgIpc) is 2.15. The number of carbonyl (C=O) groups is 2. The number of hydrogen-bond acceptors (Lipinski definition) is 2. The SMILES string of the molecule is CC(=O)NC(=O)c1ccc(C(C)(C)C)cc1. The fourth-order valence-electron chi connectivity index (χ4n) is 1.35. The molecule has 16 heavy (non-hydrogen) atoms. The fraction of sp³-hybridized carbons (Fsp3) is 0.385. The number of carbonyl (C=O) groups excluding carboxylic acids is 2. The number of nitrogens with one attached hydrogen (secondary N) is 1. The van der Waals surface area contributed by atoms with E-state index < -0.39 is 0 Å². The molecule has 3 nitrogen and oxygen atoms in total. The van der Waals surface area contributed by atoms with E-state index in [1.807, 2.05) is 12.1 Å². The molecule has 1 rings (SSSR count). The van der Waals surface area contributed by atoms with Crippen molar-refractivity contribution in [1.29, 1.82) is 0 Å². The third-order valence-electron chi connectivity index (χ3n) is 2.30. The predicted octanol–water partition coefficient (Wildman–Crippen LogP) is 2.26. The van der Waals surface area contributed by atoms with E-state index in [4.69, 9.17) is 0 Å². The Morgan fingerprint density at radius 3 is 1.94 bits per heavy atom. The second kappa shape index (κ2) is 4.47. The van der Waals surface area contributed by atoms with Crippen molar-refractivity contribution >= 4 is 11.8 Å². The van der Waals surface area contributed by atoms with E-state index in [1.165, 1.54) is 6.92 Å². The summed E-state index contributed by atoms with van der Waals surface area (Å²) in [5, 5.41) is 2.24. The van der Waals surface area contributed by atoms with Crippen LogP contribution < -0.4 is 5.32 Å². The molecule has 0 saturated carbocycles. The van der Waals surface area contributed by atoms with Crippen LogP contribution in [0.15, 0.2) is 24.3 Å². The van der Waals surface area contributed by atoms with Gasteiger partial charge < -0.3 is 0 Å².